The number of rotatable bonds is 2. The molecule has 6 heteroatoms. The van der Waals surface area contributed by atoms with Crippen molar-refractivity contribution in [1.82, 2.24) is 0 Å². The van der Waals surface area contributed by atoms with E-state index in [2.05, 4.69) is 13.8 Å². The summed E-state index contributed by atoms with van der Waals surface area (Å²) in [6, 6.07) is 2.70. The Kier molecular flexibility index (Phi) is 4.66. The Morgan fingerprint density at radius 2 is 2.14 bits per heavy atom. The number of methoxy groups -OCH3 is 1. The van der Waals surface area contributed by atoms with E-state index in [1.165, 1.54) is 19.2 Å². The number of hydrogen-bond acceptors (Lipinski definition) is 5. The summed E-state index contributed by atoms with van der Waals surface area (Å²) in [5.74, 6) is -0.0205. The minimum atomic E-state index is -0.543. The molecule has 0 spiro atoms. The van der Waals surface area contributed by atoms with E-state index >= 15 is 0 Å². The zero-order valence-corrected chi connectivity index (χ0v) is 13.4. The summed E-state index contributed by atoms with van der Waals surface area (Å²) >= 11 is 1.88. The lowest BCUT2D eigenvalue weighted by Gasteiger charge is -2.25. The highest BCUT2D eigenvalue weighted by molar-refractivity contribution is 8.00. The van der Waals surface area contributed by atoms with E-state index in [1.54, 1.807) is 0 Å². The van der Waals surface area contributed by atoms with Crippen LogP contribution in [-0.2, 0) is 4.74 Å². The molecule has 1 aliphatic heterocycles. The molecular weight excluding hydrogens is 291 g/mol. The minimum absolute atomic E-state index is 0.104. The van der Waals surface area contributed by atoms with Gasteiger partial charge in [-0.1, -0.05) is 13.8 Å². The third-order valence-electron chi connectivity index (χ3n) is 3.70. The van der Waals surface area contributed by atoms with E-state index in [9.17, 15) is 9.18 Å². The van der Waals surface area contributed by atoms with Gasteiger partial charge in [-0.3, -0.25) is 0 Å². The fraction of sp³-hybridized carbons (Fsp3) is 0.533. The maximum atomic E-state index is 14.2. The van der Waals surface area contributed by atoms with Crippen molar-refractivity contribution in [2.24, 2.45) is 0 Å². The average Bonchev–Trinajstić information content (AvgIpc) is 2.59. The third kappa shape index (κ3) is 3.61. The van der Waals surface area contributed by atoms with Crippen LogP contribution in [0.2, 0.25) is 0 Å². The Balaban J connectivity index is 2.32. The number of benzene rings is 1. The van der Waals surface area contributed by atoms with Crippen LogP contribution in [0, 0.1) is 5.82 Å². The minimum Gasteiger partial charge on any atom is -0.465 e. The molecule has 1 fully saturated rings. The molecule has 0 unspecified atom stereocenters. The molecule has 1 aromatic carbocycles. The summed E-state index contributed by atoms with van der Waals surface area (Å²) in [4.78, 5) is 13.7. The summed E-state index contributed by atoms with van der Waals surface area (Å²) in [5.41, 5.74) is 6.44. The van der Waals surface area contributed by atoms with Gasteiger partial charge >= 0.3 is 5.97 Å². The first kappa shape index (κ1) is 15.9. The summed E-state index contributed by atoms with van der Waals surface area (Å²) in [5, 5.41) is 0. The van der Waals surface area contributed by atoms with Crippen molar-refractivity contribution < 1.29 is 13.9 Å². The molecule has 21 heavy (non-hydrogen) atoms. The molecule has 0 bridgehead atoms. The largest absolute Gasteiger partial charge is 0.465 e. The predicted octanol–water partition coefficient (Wildman–Crippen LogP) is 2.92. The molecule has 0 atom stereocenters. The number of ether oxygens (including phenoxy) is 1. The smallest absolute Gasteiger partial charge is 0.340 e. The Hall–Kier alpha value is -1.43. The second kappa shape index (κ2) is 6.13. The summed E-state index contributed by atoms with van der Waals surface area (Å²) < 4.78 is 19.1. The van der Waals surface area contributed by atoms with Gasteiger partial charge in [-0.05, 0) is 18.6 Å². The number of nitrogens with two attached hydrogens (primary N) is 1. The van der Waals surface area contributed by atoms with Crippen LogP contribution in [0.4, 0.5) is 15.8 Å². The maximum Gasteiger partial charge on any atom is 0.340 e. The molecule has 4 nitrogen and oxygen atoms in total. The van der Waals surface area contributed by atoms with Crippen LogP contribution in [0.1, 0.15) is 30.6 Å². The van der Waals surface area contributed by atoms with Crippen LogP contribution in [0.25, 0.3) is 0 Å². The van der Waals surface area contributed by atoms with Gasteiger partial charge in [-0.15, -0.1) is 0 Å². The summed E-state index contributed by atoms with van der Waals surface area (Å²) in [6.07, 6.45) is 0.953. The lowest BCUT2D eigenvalue weighted by atomic mass is 10.1. The number of hydrogen-bond donors (Lipinski definition) is 1. The van der Waals surface area contributed by atoms with Crippen LogP contribution in [0.3, 0.4) is 0 Å². The van der Waals surface area contributed by atoms with Gasteiger partial charge in [-0.2, -0.15) is 11.8 Å². The predicted molar refractivity (Wildman–Crippen MR) is 85.5 cm³/mol. The summed E-state index contributed by atoms with van der Waals surface area (Å²) in [6.45, 7) is 5.89. The zero-order chi connectivity index (χ0) is 15.6. The van der Waals surface area contributed by atoms with Gasteiger partial charge in [0.2, 0.25) is 0 Å². The molecule has 0 aliphatic carbocycles. The monoisotopic (exact) mass is 312 g/mol. The van der Waals surface area contributed by atoms with Crippen molar-refractivity contribution in [2.45, 2.75) is 25.0 Å². The number of nitrogen functional groups attached to an aromatic ring is 1. The standard InChI is InChI=1S/C15H21FN2O2S/c1-15(2)4-5-18(6-7-21-15)13-8-10(14(19)20-3)12(17)9-11(13)16/h8-9H,4-7,17H2,1-3H3. The highest BCUT2D eigenvalue weighted by Gasteiger charge is 2.26. The molecule has 2 N–H and O–H groups in total. The van der Waals surface area contributed by atoms with Gasteiger partial charge in [0.05, 0.1) is 18.4 Å². The highest BCUT2D eigenvalue weighted by Crippen LogP contribution is 2.34. The number of carbonyl (C=O) groups excluding carboxylic acids is 1. The van der Waals surface area contributed by atoms with Crippen molar-refractivity contribution >= 4 is 29.1 Å². The highest BCUT2D eigenvalue weighted by atomic mass is 32.2. The molecular formula is C15H21FN2O2S. The normalized spacial score (nSPS) is 18.2. The quantitative estimate of drug-likeness (QED) is 0.672. The fourth-order valence-electron chi connectivity index (χ4n) is 2.37. The van der Waals surface area contributed by atoms with E-state index in [-0.39, 0.29) is 16.0 Å². The van der Waals surface area contributed by atoms with Crippen LogP contribution in [0.15, 0.2) is 12.1 Å². The second-order valence-electron chi connectivity index (χ2n) is 5.73. The Morgan fingerprint density at radius 3 is 2.81 bits per heavy atom. The van der Waals surface area contributed by atoms with Crippen LogP contribution < -0.4 is 10.6 Å². The van der Waals surface area contributed by atoms with E-state index in [0.29, 0.717) is 5.69 Å². The van der Waals surface area contributed by atoms with Crippen LogP contribution in [0.5, 0.6) is 0 Å². The van der Waals surface area contributed by atoms with Gasteiger partial charge in [0.1, 0.15) is 5.82 Å². The molecule has 1 aliphatic rings. The summed E-state index contributed by atoms with van der Waals surface area (Å²) in [7, 11) is 1.29. The van der Waals surface area contributed by atoms with Gasteiger partial charge in [0, 0.05) is 29.3 Å². The Morgan fingerprint density at radius 1 is 1.43 bits per heavy atom. The number of thioether (sulfide) groups is 1. The van der Waals surface area contributed by atoms with Crippen molar-refractivity contribution in [1.29, 1.82) is 0 Å². The molecule has 1 aromatic rings. The number of anilines is 2. The van der Waals surface area contributed by atoms with Crippen molar-refractivity contribution in [3.8, 4) is 0 Å². The van der Waals surface area contributed by atoms with Crippen molar-refractivity contribution in [3.05, 3.63) is 23.5 Å². The van der Waals surface area contributed by atoms with Gasteiger partial charge < -0.3 is 15.4 Å². The molecule has 0 saturated carbocycles. The van der Waals surface area contributed by atoms with Crippen LogP contribution in [-0.4, -0.2) is 36.7 Å². The third-order valence-corrected chi connectivity index (χ3v) is 5.08. The average molecular weight is 312 g/mol. The van der Waals surface area contributed by atoms with E-state index in [4.69, 9.17) is 10.5 Å². The lowest BCUT2D eigenvalue weighted by molar-refractivity contribution is 0.0602. The molecule has 116 valence electrons. The van der Waals surface area contributed by atoms with E-state index < -0.39 is 11.8 Å². The second-order valence-corrected chi connectivity index (χ2v) is 7.53. The zero-order valence-electron chi connectivity index (χ0n) is 12.6. The molecule has 1 heterocycles. The molecule has 1 saturated heterocycles. The van der Waals surface area contributed by atoms with Gasteiger partial charge in [0.25, 0.3) is 0 Å². The van der Waals surface area contributed by atoms with Gasteiger partial charge in [0.15, 0.2) is 0 Å². The maximum absolute atomic E-state index is 14.2. The van der Waals surface area contributed by atoms with E-state index in [1.807, 2.05) is 16.7 Å². The van der Waals surface area contributed by atoms with Crippen molar-refractivity contribution in [3.63, 3.8) is 0 Å². The molecule has 0 aromatic heterocycles. The molecule has 0 amide bonds. The Bertz CT molecular complexity index is 549. The Labute approximate surface area is 128 Å². The van der Waals surface area contributed by atoms with Gasteiger partial charge in [-0.25, -0.2) is 9.18 Å². The molecule has 0 radical (unpaired) electrons. The fourth-order valence-corrected chi connectivity index (χ4v) is 3.47. The number of nitrogens with zero attached hydrogens (tertiary/aromatic N) is 1. The van der Waals surface area contributed by atoms with Crippen LogP contribution >= 0.6 is 11.8 Å². The molecule has 2 rings (SSSR count). The van der Waals surface area contributed by atoms with E-state index in [0.717, 1.165) is 25.3 Å². The number of halogens is 1. The lowest BCUT2D eigenvalue weighted by Crippen LogP contribution is -2.28. The topological polar surface area (TPSA) is 55.6 Å². The number of esters is 1. The first-order valence-corrected chi connectivity index (χ1v) is 7.89. The SMILES string of the molecule is COC(=O)c1cc(N2CCSC(C)(C)CC2)c(F)cc1N. The number of carbonyl (C=O) groups is 1. The first-order chi connectivity index (χ1) is 9.84. The van der Waals surface area contributed by atoms with Crippen molar-refractivity contribution in [2.75, 3.05) is 36.6 Å². The first-order valence-electron chi connectivity index (χ1n) is 6.90.